The Morgan fingerprint density at radius 2 is 2.09 bits per heavy atom. The summed E-state index contributed by atoms with van der Waals surface area (Å²) < 4.78 is 37.9. The zero-order valence-electron chi connectivity index (χ0n) is 18.0. The zero-order chi connectivity index (χ0) is 23.2. The van der Waals surface area contributed by atoms with Crippen LogP contribution in [0.25, 0.3) is 0 Å². The van der Waals surface area contributed by atoms with Crippen LogP contribution in [0.2, 0.25) is 0 Å². The van der Waals surface area contributed by atoms with E-state index in [9.17, 15) is 8.42 Å². The molecule has 3 aliphatic heterocycles. The number of fused-ring (bicyclic) bond motifs is 2. The Morgan fingerprint density at radius 1 is 1.30 bits per heavy atom. The number of aromatic nitrogens is 2. The molecule has 0 bridgehead atoms. The number of sulfonamides is 1. The van der Waals surface area contributed by atoms with Gasteiger partial charge in [-0.1, -0.05) is 6.42 Å². The minimum absolute atomic E-state index is 0.0956. The van der Waals surface area contributed by atoms with Crippen molar-refractivity contribution in [1.29, 1.82) is 0 Å². The molecule has 2 unspecified atom stereocenters. The van der Waals surface area contributed by atoms with Gasteiger partial charge in [-0.05, 0) is 52.7 Å². The quantitative estimate of drug-likeness (QED) is 0.441. The first-order valence-electron chi connectivity index (χ1n) is 10.6. The molecule has 1 aromatic heterocycles. The summed E-state index contributed by atoms with van der Waals surface area (Å²) in [7, 11) is -3.28. The number of hydrogen-bond acceptors (Lipinski definition) is 9. The van der Waals surface area contributed by atoms with E-state index in [1.165, 1.54) is 24.3 Å². The van der Waals surface area contributed by atoms with Gasteiger partial charge in [-0.2, -0.15) is 20.1 Å². The van der Waals surface area contributed by atoms with Crippen molar-refractivity contribution in [3.05, 3.63) is 29.1 Å². The van der Waals surface area contributed by atoms with Gasteiger partial charge in [-0.3, -0.25) is 0 Å². The number of quaternary nitrogens is 1. The molecular weight excluding hydrogens is 532 g/mol. The third-order valence-corrected chi connectivity index (χ3v) is 9.46. The fraction of sp³-hybridized carbons (Fsp3) is 0.450. The highest BCUT2D eigenvalue weighted by Gasteiger charge is 2.45. The van der Waals surface area contributed by atoms with Crippen LogP contribution in [0, 0.1) is 0 Å². The van der Waals surface area contributed by atoms with E-state index in [1.807, 2.05) is 12.1 Å². The highest BCUT2D eigenvalue weighted by Crippen LogP contribution is 2.45. The maximum Gasteiger partial charge on any atom is 0.295 e. The molecule has 33 heavy (non-hydrogen) atoms. The molecule has 176 valence electrons. The minimum Gasteiger partial charge on any atom is -0.454 e. The molecule has 2 aromatic rings. The number of nitrogens with two attached hydrogens (primary N) is 1. The Bertz CT molecular complexity index is 1230. The van der Waals surface area contributed by atoms with Gasteiger partial charge in [0.25, 0.3) is 11.0 Å². The van der Waals surface area contributed by atoms with Crippen LogP contribution in [-0.2, 0) is 10.0 Å². The first kappa shape index (κ1) is 23.0. The molecule has 1 fully saturated rings. The van der Waals surface area contributed by atoms with E-state index in [4.69, 9.17) is 20.3 Å². The highest BCUT2D eigenvalue weighted by molar-refractivity contribution is 9.10. The first-order chi connectivity index (χ1) is 15.8. The molecule has 0 aliphatic carbocycles. The van der Waals surface area contributed by atoms with Crippen LogP contribution in [0.15, 0.2) is 39.0 Å². The van der Waals surface area contributed by atoms with E-state index >= 15 is 0 Å². The summed E-state index contributed by atoms with van der Waals surface area (Å²) in [6.45, 7) is 1.19. The lowest BCUT2D eigenvalue weighted by atomic mass is 10.0. The molecule has 4 heterocycles. The van der Waals surface area contributed by atoms with Crippen molar-refractivity contribution >= 4 is 54.4 Å². The largest absolute Gasteiger partial charge is 0.454 e. The Labute approximate surface area is 204 Å². The van der Waals surface area contributed by atoms with Crippen LogP contribution in [0.5, 0.6) is 11.5 Å². The molecule has 2 atom stereocenters. The lowest BCUT2D eigenvalue weighted by molar-refractivity contribution is 0.174. The molecule has 2 N–H and O–H groups in total. The number of benzene rings is 1. The Kier molecular flexibility index (Phi) is 6.12. The van der Waals surface area contributed by atoms with Gasteiger partial charge in [0, 0.05) is 28.4 Å². The van der Waals surface area contributed by atoms with Crippen molar-refractivity contribution < 1.29 is 17.9 Å². The van der Waals surface area contributed by atoms with Crippen LogP contribution in [-0.4, -0.2) is 60.0 Å². The molecule has 3 aliphatic rings. The van der Waals surface area contributed by atoms with Crippen LogP contribution >= 0.6 is 27.7 Å². The predicted molar refractivity (Wildman–Crippen MR) is 130 cm³/mol. The van der Waals surface area contributed by atoms with E-state index in [0.717, 1.165) is 28.6 Å². The first-order valence-corrected chi connectivity index (χ1v) is 14.0. The van der Waals surface area contributed by atoms with E-state index < -0.39 is 10.0 Å². The van der Waals surface area contributed by atoms with Crippen LogP contribution in [0.3, 0.4) is 0 Å². The van der Waals surface area contributed by atoms with E-state index in [-0.39, 0.29) is 17.4 Å². The number of amidine groups is 1. The number of halogens is 1. The van der Waals surface area contributed by atoms with Crippen molar-refractivity contribution in [2.45, 2.75) is 36.6 Å². The molecule has 10 nitrogen and oxygen atoms in total. The van der Waals surface area contributed by atoms with Crippen LogP contribution < -0.4 is 19.9 Å². The standard InChI is InChI=1S/C20H24BrN6O4S2/c1-33(28,29)26-6-3-2-4-13(26)5-7-27(22)19-15(10-23-11-24-19)25-20(27)32-18-9-17-16(8-14(18)21)30-12-31-17/h8-11,13H,2-7,12,22H2,1H3/q+1. The second-order valence-corrected chi connectivity index (χ2v) is 12.1. The number of thioether (sulfide) groups is 1. The minimum atomic E-state index is -3.28. The van der Waals surface area contributed by atoms with Gasteiger partial charge < -0.3 is 9.47 Å². The molecular formula is C20H24BrN6O4S2+. The predicted octanol–water partition coefficient (Wildman–Crippen LogP) is 3.15. The van der Waals surface area contributed by atoms with Crippen LogP contribution in [0.4, 0.5) is 11.5 Å². The van der Waals surface area contributed by atoms with E-state index in [1.54, 1.807) is 10.5 Å². The van der Waals surface area contributed by atoms with E-state index in [2.05, 4.69) is 25.9 Å². The summed E-state index contributed by atoms with van der Waals surface area (Å²) in [4.78, 5) is 14.2. The Morgan fingerprint density at radius 3 is 2.88 bits per heavy atom. The van der Waals surface area contributed by atoms with Gasteiger partial charge in [0.2, 0.25) is 16.8 Å². The average Bonchev–Trinajstić information content (AvgIpc) is 3.34. The topological polar surface area (TPSA) is 120 Å². The number of rotatable bonds is 5. The normalized spacial score (nSPS) is 24.6. The van der Waals surface area contributed by atoms with Crippen molar-refractivity contribution in [3.63, 3.8) is 0 Å². The maximum absolute atomic E-state index is 12.3. The van der Waals surface area contributed by atoms with Crippen LogP contribution in [0.1, 0.15) is 25.7 Å². The Hall–Kier alpha value is -1.77. The second kappa shape index (κ2) is 8.78. The van der Waals surface area contributed by atoms with Crippen molar-refractivity contribution in [3.8, 4) is 11.5 Å². The highest BCUT2D eigenvalue weighted by atomic mass is 79.9. The van der Waals surface area contributed by atoms with Gasteiger partial charge in [0.15, 0.2) is 17.2 Å². The molecule has 5 rings (SSSR count). The summed E-state index contributed by atoms with van der Waals surface area (Å²) in [6.07, 6.45) is 7.67. The van der Waals surface area contributed by atoms with Gasteiger partial charge in [-0.15, -0.1) is 4.59 Å². The van der Waals surface area contributed by atoms with Crippen molar-refractivity contribution in [2.75, 3.05) is 26.1 Å². The SMILES string of the molecule is CS(=O)(=O)N1CCCCC1CC[N+]1(N)C(Sc2cc3c(cc2Br)OCO3)=Nc2cncnc21. The summed E-state index contributed by atoms with van der Waals surface area (Å²) in [5.74, 6) is 8.90. The molecule has 0 amide bonds. The Balaban J connectivity index is 1.43. The third kappa shape index (κ3) is 4.37. The maximum atomic E-state index is 12.3. The molecule has 13 heteroatoms. The van der Waals surface area contributed by atoms with Crippen molar-refractivity contribution in [1.82, 2.24) is 18.9 Å². The smallest absolute Gasteiger partial charge is 0.295 e. The summed E-state index contributed by atoms with van der Waals surface area (Å²) in [5, 5.41) is 0.631. The fourth-order valence-electron chi connectivity index (χ4n) is 4.42. The molecule has 1 aromatic carbocycles. The van der Waals surface area contributed by atoms with Gasteiger partial charge in [-0.25, -0.2) is 13.4 Å². The number of hydrogen-bond donors (Lipinski definition) is 1. The molecule has 0 radical (unpaired) electrons. The van der Waals surface area contributed by atoms with Gasteiger partial charge >= 0.3 is 0 Å². The van der Waals surface area contributed by atoms with E-state index in [0.29, 0.717) is 47.7 Å². The summed E-state index contributed by atoms with van der Waals surface area (Å²) in [5.41, 5.74) is 0.614. The number of aliphatic imine (C=N–C) groups is 1. The lowest BCUT2D eigenvalue weighted by Gasteiger charge is -2.35. The third-order valence-electron chi connectivity index (χ3n) is 6.05. The molecule has 0 saturated carbocycles. The average molecular weight is 556 g/mol. The summed E-state index contributed by atoms with van der Waals surface area (Å²) >= 11 is 5.02. The second-order valence-electron chi connectivity index (χ2n) is 8.27. The number of nitrogens with zero attached hydrogens (tertiary/aromatic N) is 5. The van der Waals surface area contributed by atoms with Gasteiger partial charge in [0.05, 0.1) is 12.5 Å². The monoisotopic (exact) mass is 555 g/mol. The summed E-state index contributed by atoms with van der Waals surface area (Å²) in [6, 6.07) is 3.66. The molecule has 0 spiro atoms. The lowest BCUT2D eigenvalue weighted by Crippen LogP contribution is -2.60. The fourth-order valence-corrected chi connectivity index (χ4v) is 7.20. The van der Waals surface area contributed by atoms with Gasteiger partial charge in [0.1, 0.15) is 12.9 Å². The van der Waals surface area contributed by atoms with Crippen molar-refractivity contribution in [2.24, 2.45) is 10.8 Å². The zero-order valence-corrected chi connectivity index (χ0v) is 21.2. The number of piperidine rings is 1. The number of ether oxygens (including phenoxy) is 2. The molecule has 1 saturated heterocycles.